The fraction of sp³-hybridized carbons (Fsp3) is 0.192. The van der Waals surface area contributed by atoms with Crippen molar-refractivity contribution in [3.63, 3.8) is 0 Å². The smallest absolute Gasteiger partial charge is 0.230 e. The number of thioether (sulfide) groups is 1. The summed E-state index contributed by atoms with van der Waals surface area (Å²) in [5.74, 6) is 1.64. The molecule has 0 fully saturated rings. The Hall–Kier alpha value is -3.58. The summed E-state index contributed by atoms with van der Waals surface area (Å²) in [5.41, 5.74) is 4.30. The molecule has 4 rings (SSSR count). The van der Waals surface area contributed by atoms with E-state index in [0.29, 0.717) is 17.5 Å². The van der Waals surface area contributed by atoms with E-state index < -0.39 is 0 Å². The van der Waals surface area contributed by atoms with Crippen molar-refractivity contribution in [1.29, 1.82) is 0 Å². The standard InChI is InChI=1S/C26H26N4O2S/c1-19-12-14-22(15-13-19)32-17-24-28-29-26(30(24)23-11-7-6-8-20(23)2)33-18-25(31)27-16-21-9-4-3-5-10-21/h3-15H,16-18H2,1-2H3,(H,27,31). The molecule has 6 nitrogen and oxygen atoms in total. The van der Waals surface area contributed by atoms with Crippen LogP contribution in [0.4, 0.5) is 0 Å². The van der Waals surface area contributed by atoms with Crippen LogP contribution in [-0.4, -0.2) is 26.4 Å². The number of hydrogen-bond acceptors (Lipinski definition) is 5. The number of carbonyl (C=O) groups excluding carboxylic acids is 1. The van der Waals surface area contributed by atoms with Crippen LogP contribution in [0, 0.1) is 13.8 Å². The molecular formula is C26H26N4O2S. The van der Waals surface area contributed by atoms with Crippen LogP contribution < -0.4 is 10.1 Å². The van der Waals surface area contributed by atoms with Gasteiger partial charge in [-0.3, -0.25) is 9.36 Å². The van der Waals surface area contributed by atoms with Crippen molar-refractivity contribution in [1.82, 2.24) is 20.1 Å². The predicted molar refractivity (Wildman–Crippen MR) is 131 cm³/mol. The zero-order valence-corrected chi connectivity index (χ0v) is 19.5. The minimum Gasteiger partial charge on any atom is -0.486 e. The molecule has 7 heteroatoms. The molecule has 1 N–H and O–H groups in total. The Morgan fingerprint density at radius 1 is 0.939 bits per heavy atom. The number of ether oxygens (including phenoxy) is 1. The molecule has 0 radical (unpaired) electrons. The van der Waals surface area contributed by atoms with E-state index in [0.717, 1.165) is 22.6 Å². The Bertz CT molecular complexity index is 1210. The molecule has 0 aliphatic carbocycles. The second-order valence-electron chi connectivity index (χ2n) is 7.67. The van der Waals surface area contributed by atoms with Crippen LogP contribution in [0.15, 0.2) is 84.0 Å². The van der Waals surface area contributed by atoms with Crippen LogP contribution in [0.1, 0.15) is 22.5 Å². The van der Waals surface area contributed by atoms with E-state index in [-0.39, 0.29) is 18.3 Å². The predicted octanol–water partition coefficient (Wildman–Crippen LogP) is 4.87. The molecule has 0 saturated heterocycles. The molecule has 0 saturated carbocycles. The lowest BCUT2D eigenvalue weighted by molar-refractivity contribution is -0.118. The summed E-state index contributed by atoms with van der Waals surface area (Å²) in [6.45, 7) is 4.85. The van der Waals surface area contributed by atoms with Crippen LogP contribution in [0.5, 0.6) is 5.75 Å². The first-order valence-corrected chi connectivity index (χ1v) is 11.7. The molecule has 3 aromatic carbocycles. The molecule has 1 heterocycles. The van der Waals surface area contributed by atoms with Crippen LogP contribution in [-0.2, 0) is 17.9 Å². The molecule has 4 aromatic rings. The fourth-order valence-corrected chi connectivity index (χ4v) is 4.10. The lowest BCUT2D eigenvalue weighted by Crippen LogP contribution is -2.24. The highest BCUT2D eigenvalue weighted by Crippen LogP contribution is 2.25. The van der Waals surface area contributed by atoms with E-state index in [1.54, 1.807) is 0 Å². The van der Waals surface area contributed by atoms with E-state index in [1.807, 2.05) is 97.3 Å². The zero-order valence-electron chi connectivity index (χ0n) is 18.7. The first-order chi connectivity index (χ1) is 16.1. The van der Waals surface area contributed by atoms with Crippen LogP contribution in [0.3, 0.4) is 0 Å². The van der Waals surface area contributed by atoms with Gasteiger partial charge >= 0.3 is 0 Å². The zero-order chi connectivity index (χ0) is 23.0. The first-order valence-electron chi connectivity index (χ1n) is 10.7. The SMILES string of the molecule is Cc1ccc(OCc2nnc(SCC(=O)NCc3ccccc3)n2-c2ccccc2C)cc1. The monoisotopic (exact) mass is 458 g/mol. The van der Waals surface area contributed by atoms with Gasteiger partial charge in [0.25, 0.3) is 0 Å². The van der Waals surface area contributed by atoms with E-state index in [4.69, 9.17) is 4.74 Å². The van der Waals surface area contributed by atoms with Crippen LogP contribution in [0.2, 0.25) is 0 Å². The van der Waals surface area contributed by atoms with E-state index in [1.165, 1.54) is 17.3 Å². The van der Waals surface area contributed by atoms with Crippen molar-refractivity contribution in [2.24, 2.45) is 0 Å². The number of benzene rings is 3. The van der Waals surface area contributed by atoms with Gasteiger partial charge in [0.1, 0.15) is 12.4 Å². The van der Waals surface area contributed by atoms with E-state index in [2.05, 4.69) is 15.5 Å². The molecule has 33 heavy (non-hydrogen) atoms. The number of carbonyl (C=O) groups is 1. The lowest BCUT2D eigenvalue weighted by atomic mass is 10.2. The van der Waals surface area contributed by atoms with Gasteiger partial charge in [0.05, 0.1) is 11.4 Å². The minimum absolute atomic E-state index is 0.0550. The number of hydrogen-bond donors (Lipinski definition) is 1. The lowest BCUT2D eigenvalue weighted by Gasteiger charge is -2.13. The summed E-state index contributed by atoms with van der Waals surface area (Å²) in [5, 5.41) is 12.3. The third-order valence-corrected chi connectivity index (χ3v) is 6.04. The van der Waals surface area contributed by atoms with Crippen molar-refractivity contribution in [2.45, 2.75) is 32.2 Å². The summed E-state index contributed by atoms with van der Waals surface area (Å²) in [6, 6.07) is 25.8. The highest BCUT2D eigenvalue weighted by Gasteiger charge is 2.17. The molecule has 168 valence electrons. The number of para-hydroxylation sites is 1. The quantitative estimate of drug-likeness (QED) is 0.362. The van der Waals surface area contributed by atoms with E-state index >= 15 is 0 Å². The molecule has 0 aliphatic rings. The Kier molecular flexibility index (Phi) is 7.42. The summed E-state index contributed by atoms with van der Waals surface area (Å²) in [6.07, 6.45) is 0. The average Bonchev–Trinajstić information content (AvgIpc) is 3.24. The summed E-state index contributed by atoms with van der Waals surface area (Å²) >= 11 is 1.36. The maximum Gasteiger partial charge on any atom is 0.230 e. The molecule has 1 aromatic heterocycles. The number of aryl methyl sites for hydroxylation is 2. The minimum atomic E-state index is -0.0550. The maximum absolute atomic E-state index is 12.4. The third kappa shape index (κ3) is 6.02. The molecule has 0 aliphatic heterocycles. The molecule has 0 atom stereocenters. The number of rotatable bonds is 9. The molecule has 0 unspecified atom stereocenters. The Morgan fingerprint density at radius 2 is 1.67 bits per heavy atom. The highest BCUT2D eigenvalue weighted by atomic mass is 32.2. The Morgan fingerprint density at radius 3 is 2.42 bits per heavy atom. The summed E-state index contributed by atoms with van der Waals surface area (Å²) < 4.78 is 7.93. The third-order valence-electron chi connectivity index (χ3n) is 5.11. The van der Waals surface area contributed by atoms with Crippen molar-refractivity contribution < 1.29 is 9.53 Å². The fourth-order valence-electron chi connectivity index (χ4n) is 3.30. The molecule has 0 spiro atoms. The van der Waals surface area contributed by atoms with Gasteiger partial charge in [-0.15, -0.1) is 10.2 Å². The topological polar surface area (TPSA) is 69.0 Å². The summed E-state index contributed by atoms with van der Waals surface area (Å²) in [4.78, 5) is 12.4. The number of nitrogens with zero attached hydrogens (tertiary/aromatic N) is 3. The van der Waals surface area contributed by atoms with Gasteiger partial charge in [-0.1, -0.05) is 78.0 Å². The van der Waals surface area contributed by atoms with Gasteiger partial charge in [0.15, 0.2) is 11.0 Å². The largest absolute Gasteiger partial charge is 0.486 e. The maximum atomic E-state index is 12.4. The Labute approximate surface area is 198 Å². The van der Waals surface area contributed by atoms with Gasteiger partial charge in [-0.25, -0.2) is 0 Å². The average molecular weight is 459 g/mol. The van der Waals surface area contributed by atoms with E-state index in [9.17, 15) is 4.79 Å². The Balaban J connectivity index is 1.48. The molecule has 0 bridgehead atoms. The second-order valence-corrected chi connectivity index (χ2v) is 8.62. The van der Waals surface area contributed by atoms with Gasteiger partial charge < -0.3 is 10.1 Å². The van der Waals surface area contributed by atoms with Gasteiger partial charge in [-0.05, 0) is 43.2 Å². The first kappa shape index (κ1) is 22.6. The highest BCUT2D eigenvalue weighted by molar-refractivity contribution is 7.99. The number of aromatic nitrogens is 3. The van der Waals surface area contributed by atoms with Crippen molar-refractivity contribution >= 4 is 17.7 Å². The van der Waals surface area contributed by atoms with Gasteiger partial charge in [0.2, 0.25) is 5.91 Å². The molecular weight excluding hydrogens is 432 g/mol. The van der Waals surface area contributed by atoms with Crippen LogP contribution in [0.25, 0.3) is 5.69 Å². The van der Waals surface area contributed by atoms with Crippen molar-refractivity contribution in [2.75, 3.05) is 5.75 Å². The summed E-state index contributed by atoms with van der Waals surface area (Å²) in [7, 11) is 0. The van der Waals surface area contributed by atoms with Crippen molar-refractivity contribution in [3.05, 3.63) is 101 Å². The second kappa shape index (κ2) is 10.8. The number of nitrogens with one attached hydrogen (secondary N) is 1. The van der Waals surface area contributed by atoms with Gasteiger partial charge in [0, 0.05) is 6.54 Å². The number of amides is 1. The van der Waals surface area contributed by atoms with Gasteiger partial charge in [-0.2, -0.15) is 0 Å². The van der Waals surface area contributed by atoms with Crippen LogP contribution >= 0.6 is 11.8 Å². The normalized spacial score (nSPS) is 10.7. The molecule has 1 amide bonds. The van der Waals surface area contributed by atoms with Crippen molar-refractivity contribution in [3.8, 4) is 11.4 Å².